The zero-order chi connectivity index (χ0) is 16.3. The van der Waals surface area contributed by atoms with Crippen molar-refractivity contribution in [2.75, 3.05) is 26.8 Å². The summed E-state index contributed by atoms with van der Waals surface area (Å²) < 4.78 is 10.4. The van der Waals surface area contributed by atoms with Crippen LogP contribution in [0.4, 0.5) is 0 Å². The molecule has 0 radical (unpaired) electrons. The van der Waals surface area contributed by atoms with Gasteiger partial charge in [-0.15, -0.1) is 0 Å². The summed E-state index contributed by atoms with van der Waals surface area (Å²) >= 11 is 5.89. The van der Waals surface area contributed by atoms with Gasteiger partial charge in [-0.1, -0.05) is 23.7 Å². The van der Waals surface area contributed by atoms with E-state index in [-0.39, 0.29) is 0 Å². The van der Waals surface area contributed by atoms with Crippen LogP contribution in [-0.2, 0) is 17.7 Å². The molecular weight excluding hydrogens is 314 g/mol. The first-order valence-electron chi connectivity index (χ1n) is 7.56. The zero-order valence-corrected chi connectivity index (χ0v) is 14.0. The minimum Gasteiger partial charge on any atom is -0.469 e. The van der Waals surface area contributed by atoms with Gasteiger partial charge in [-0.25, -0.2) is 4.99 Å². The minimum atomic E-state index is 0.584. The summed E-state index contributed by atoms with van der Waals surface area (Å²) in [4.78, 5) is 4.58. The van der Waals surface area contributed by atoms with Crippen molar-refractivity contribution in [3.05, 3.63) is 59.0 Å². The van der Waals surface area contributed by atoms with E-state index >= 15 is 0 Å². The summed E-state index contributed by atoms with van der Waals surface area (Å²) in [6.45, 7) is 2.65. The number of methoxy groups -OCH3 is 1. The van der Waals surface area contributed by atoms with Gasteiger partial charge in [0, 0.05) is 31.6 Å². The molecule has 2 N–H and O–H groups in total. The largest absolute Gasteiger partial charge is 0.469 e. The third-order valence-electron chi connectivity index (χ3n) is 3.18. The Morgan fingerprint density at radius 3 is 2.65 bits per heavy atom. The molecule has 0 unspecified atom stereocenters. The van der Waals surface area contributed by atoms with E-state index in [9.17, 15) is 0 Å². The SMILES string of the molecule is COCCNC(=NCc1ccc(Cl)cc1)NCCc1ccco1. The van der Waals surface area contributed by atoms with Gasteiger partial charge in [-0.2, -0.15) is 0 Å². The summed E-state index contributed by atoms with van der Waals surface area (Å²) in [5, 5.41) is 7.26. The number of hydrogen-bond donors (Lipinski definition) is 2. The lowest BCUT2D eigenvalue weighted by Crippen LogP contribution is -2.40. The number of halogens is 1. The van der Waals surface area contributed by atoms with Gasteiger partial charge in [-0.05, 0) is 29.8 Å². The van der Waals surface area contributed by atoms with E-state index in [4.69, 9.17) is 20.8 Å². The minimum absolute atomic E-state index is 0.584. The third-order valence-corrected chi connectivity index (χ3v) is 3.43. The van der Waals surface area contributed by atoms with Crippen molar-refractivity contribution in [1.29, 1.82) is 0 Å². The summed E-state index contributed by atoms with van der Waals surface area (Å²) in [5.41, 5.74) is 1.10. The van der Waals surface area contributed by atoms with E-state index in [0.29, 0.717) is 19.7 Å². The van der Waals surface area contributed by atoms with Crippen LogP contribution in [0.15, 0.2) is 52.1 Å². The van der Waals surface area contributed by atoms with Gasteiger partial charge >= 0.3 is 0 Å². The number of furan rings is 1. The van der Waals surface area contributed by atoms with Gasteiger partial charge in [0.25, 0.3) is 0 Å². The summed E-state index contributed by atoms with van der Waals surface area (Å²) in [7, 11) is 1.68. The van der Waals surface area contributed by atoms with Crippen LogP contribution >= 0.6 is 11.6 Å². The highest BCUT2D eigenvalue weighted by Crippen LogP contribution is 2.10. The van der Waals surface area contributed by atoms with Gasteiger partial charge in [0.1, 0.15) is 5.76 Å². The van der Waals surface area contributed by atoms with Crippen LogP contribution in [0, 0.1) is 0 Å². The Morgan fingerprint density at radius 2 is 1.96 bits per heavy atom. The van der Waals surface area contributed by atoms with E-state index in [1.165, 1.54) is 0 Å². The number of nitrogens with one attached hydrogen (secondary N) is 2. The highest BCUT2D eigenvalue weighted by atomic mass is 35.5. The van der Waals surface area contributed by atoms with Crippen molar-refractivity contribution in [2.45, 2.75) is 13.0 Å². The lowest BCUT2D eigenvalue weighted by molar-refractivity contribution is 0.203. The molecule has 5 nitrogen and oxygen atoms in total. The molecule has 2 aromatic rings. The predicted octanol–water partition coefficient (Wildman–Crippen LogP) is 2.86. The number of hydrogen-bond acceptors (Lipinski definition) is 3. The average molecular weight is 336 g/mol. The van der Waals surface area contributed by atoms with E-state index in [0.717, 1.165) is 35.3 Å². The van der Waals surface area contributed by atoms with Gasteiger partial charge in [0.15, 0.2) is 5.96 Å². The molecule has 0 aliphatic carbocycles. The van der Waals surface area contributed by atoms with E-state index in [1.54, 1.807) is 13.4 Å². The van der Waals surface area contributed by atoms with E-state index in [1.807, 2.05) is 36.4 Å². The second-order valence-electron chi connectivity index (χ2n) is 4.97. The molecule has 0 bridgehead atoms. The van der Waals surface area contributed by atoms with Gasteiger partial charge in [-0.3, -0.25) is 0 Å². The summed E-state index contributed by atoms with van der Waals surface area (Å²) in [6.07, 6.45) is 2.49. The van der Waals surface area contributed by atoms with Crippen LogP contribution < -0.4 is 10.6 Å². The van der Waals surface area contributed by atoms with Crippen molar-refractivity contribution in [3.8, 4) is 0 Å². The lowest BCUT2D eigenvalue weighted by Gasteiger charge is -2.12. The molecular formula is C17H22ClN3O2. The average Bonchev–Trinajstić information content (AvgIpc) is 3.07. The quantitative estimate of drug-likeness (QED) is 0.442. The first-order chi connectivity index (χ1) is 11.3. The fourth-order valence-corrected chi connectivity index (χ4v) is 2.09. The lowest BCUT2D eigenvalue weighted by atomic mass is 10.2. The fourth-order valence-electron chi connectivity index (χ4n) is 1.96. The maximum atomic E-state index is 5.89. The summed E-state index contributed by atoms with van der Waals surface area (Å²) in [5.74, 6) is 1.70. The Hall–Kier alpha value is -1.98. The first-order valence-corrected chi connectivity index (χ1v) is 7.93. The van der Waals surface area contributed by atoms with Crippen molar-refractivity contribution >= 4 is 17.6 Å². The molecule has 6 heteroatoms. The van der Waals surface area contributed by atoms with Crippen LogP contribution in [0.25, 0.3) is 0 Å². The van der Waals surface area contributed by atoms with Crippen molar-refractivity contribution < 1.29 is 9.15 Å². The molecule has 23 heavy (non-hydrogen) atoms. The smallest absolute Gasteiger partial charge is 0.191 e. The molecule has 0 saturated heterocycles. The Bertz CT molecular complexity index is 582. The van der Waals surface area contributed by atoms with Gasteiger partial charge < -0.3 is 19.8 Å². The highest BCUT2D eigenvalue weighted by Gasteiger charge is 2.00. The second kappa shape index (κ2) is 9.92. The number of aliphatic imine (C=N–C) groups is 1. The van der Waals surface area contributed by atoms with E-state index in [2.05, 4.69) is 15.6 Å². The molecule has 0 aliphatic heterocycles. The van der Waals surface area contributed by atoms with Crippen molar-refractivity contribution in [2.24, 2.45) is 4.99 Å². The standard InChI is InChI=1S/C17H22ClN3O2/c1-22-12-10-20-17(19-9-8-16-3-2-11-23-16)21-13-14-4-6-15(18)7-5-14/h2-7,11H,8-10,12-13H2,1H3,(H2,19,20,21). The predicted molar refractivity (Wildman–Crippen MR) is 92.9 cm³/mol. The van der Waals surface area contributed by atoms with Crippen molar-refractivity contribution in [1.82, 2.24) is 10.6 Å². The molecule has 1 aromatic carbocycles. The molecule has 2 rings (SSSR count). The Morgan fingerprint density at radius 1 is 1.17 bits per heavy atom. The van der Waals surface area contributed by atoms with Crippen LogP contribution in [0.3, 0.4) is 0 Å². The van der Waals surface area contributed by atoms with Crippen LogP contribution in [0.5, 0.6) is 0 Å². The topological polar surface area (TPSA) is 58.8 Å². The van der Waals surface area contributed by atoms with Gasteiger partial charge in [0.2, 0.25) is 0 Å². The molecule has 1 aromatic heterocycles. The van der Waals surface area contributed by atoms with Gasteiger partial charge in [0.05, 0.1) is 19.4 Å². The molecule has 124 valence electrons. The zero-order valence-electron chi connectivity index (χ0n) is 13.2. The summed E-state index contributed by atoms with van der Waals surface area (Å²) in [6, 6.07) is 11.5. The highest BCUT2D eigenvalue weighted by molar-refractivity contribution is 6.30. The number of benzene rings is 1. The number of nitrogens with zero attached hydrogens (tertiary/aromatic N) is 1. The molecule has 1 heterocycles. The Kier molecular flexibility index (Phi) is 7.49. The second-order valence-corrected chi connectivity index (χ2v) is 5.40. The monoisotopic (exact) mass is 335 g/mol. The molecule has 0 atom stereocenters. The number of ether oxygens (including phenoxy) is 1. The van der Waals surface area contributed by atoms with E-state index < -0.39 is 0 Å². The first kappa shape index (κ1) is 17.4. The van der Waals surface area contributed by atoms with Crippen molar-refractivity contribution in [3.63, 3.8) is 0 Å². The Balaban J connectivity index is 1.86. The molecule has 0 fully saturated rings. The number of rotatable bonds is 8. The molecule has 0 aliphatic rings. The van der Waals surface area contributed by atoms with Crippen LogP contribution in [-0.4, -0.2) is 32.8 Å². The molecule has 0 saturated carbocycles. The normalized spacial score (nSPS) is 11.5. The molecule has 0 amide bonds. The van der Waals surface area contributed by atoms with Crippen LogP contribution in [0.1, 0.15) is 11.3 Å². The maximum absolute atomic E-state index is 5.89. The fraction of sp³-hybridized carbons (Fsp3) is 0.353. The number of guanidine groups is 1. The van der Waals surface area contributed by atoms with Crippen LogP contribution in [0.2, 0.25) is 5.02 Å². The third kappa shape index (κ3) is 6.76. The maximum Gasteiger partial charge on any atom is 0.191 e. The Labute approximate surface area is 141 Å². The molecule has 0 spiro atoms.